The summed E-state index contributed by atoms with van der Waals surface area (Å²) in [5.41, 5.74) is -0.215. The summed E-state index contributed by atoms with van der Waals surface area (Å²) in [6.07, 6.45) is -1.41. The zero-order valence-electron chi connectivity index (χ0n) is 7.78. The number of hydrogen-bond acceptors (Lipinski definition) is 3. The van der Waals surface area contributed by atoms with E-state index in [1.54, 1.807) is 0 Å². The second-order valence-corrected chi connectivity index (χ2v) is 2.62. The van der Waals surface area contributed by atoms with E-state index in [9.17, 15) is 14.0 Å². The molecule has 0 spiro atoms. The maximum atomic E-state index is 13.0. The van der Waals surface area contributed by atoms with Crippen molar-refractivity contribution in [3.63, 3.8) is 0 Å². The van der Waals surface area contributed by atoms with Crippen LogP contribution in [0.5, 0.6) is 0 Å². The van der Waals surface area contributed by atoms with Crippen molar-refractivity contribution in [1.29, 1.82) is 0 Å². The van der Waals surface area contributed by atoms with Crippen LogP contribution in [0.15, 0.2) is 18.2 Å². The van der Waals surface area contributed by atoms with Gasteiger partial charge in [0.15, 0.2) is 0 Å². The van der Waals surface area contributed by atoms with Crippen LogP contribution < -0.4 is 5.32 Å². The van der Waals surface area contributed by atoms with Crippen LogP contribution in [-0.2, 0) is 4.74 Å². The predicted molar refractivity (Wildman–Crippen MR) is 49.4 cm³/mol. The third-order valence-corrected chi connectivity index (χ3v) is 1.63. The van der Waals surface area contributed by atoms with Crippen LogP contribution in [0.25, 0.3) is 0 Å². The molecule has 80 valence electrons. The number of anilines is 1. The minimum absolute atomic E-state index is 0.0719. The average molecular weight is 213 g/mol. The first kappa shape index (κ1) is 11.0. The summed E-state index contributed by atoms with van der Waals surface area (Å²) in [4.78, 5) is 21.3. The van der Waals surface area contributed by atoms with Crippen LogP contribution in [0.4, 0.5) is 14.9 Å². The van der Waals surface area contributed by atoms with E-state index >= 15 is 0 Å². The summed E-state index contributed by atoms with van der Waals surface area (Å²) in [5.74, 6) is -1.42. The third-order valence-electron chi connectivity index (χ3n) is 1.63. The van der Waals surface area contributed by atoms with Gasteiger partial charge < -0.3 is 9.84 Å². The molecule has 0 radical (unpaired) electrons. The van der Waals surface area contributed by atoms with Crippen molar-refractivity contribution in [3.8, 4) is 0 Å². The number of carbonyl (C=O) groups excluding carboxylic acids is 1. The molecular weight excluding hydrogens is 205 g/mol. The van der Waals surface area contributed by atoms with E-state index in [1.807, 2.05) is 5.32 Å². The highest BCUT2D eigenvalue weighted by molar-refractivity contribution is 5.92. The van der Waals surface area contributed by atoms with Crippen molar-refractivity contribution in [2.75, 3.05) is 12.4 Å². The monoisotopic (exact) mass is 213 g/mol. The molecule has 0 saturated carbocycles. The van der Waals surface area contributed by atoms with Crippen molar-refractivity contribution < 1.29 is 23.8 Å². The van der Waals surface area contributed by atoms with Gasteiger partial charge in [-0.25, -0.2) is 14.0 Å². The molecule has 6 heteroatoms. The fraction of sp³-hybridized carbons (Fsp3) is 0.111. The number of ether oxygens (including phenoxy) is 1. The Morgan fingerprint density at radius 2 is 2.13 bits per heavy atom. The topological polar surface area (TPSA) is 75.6 Å². The fourth-order valence-electron chi connectivity index (χ4n) is 0.981. The molecule has 0 aliphatic carbocycles. The number of carboxylic acid groups (broad SMARTS) is 1. The second-order valence-electron chi connectivity index (χ2n) is 2.62. The van der Waals surface area contributed by atoms with Crippen molar-refractivity contribution in [3.05, 3.63) is 29.6 Å². The maximum absolute atomic E-state index is 13.0. The number of nitrogens with one attached hydrogen (secondary N) is 1. The number of carbonyl (C=O) groups is 2. The van der Waals surface area contributed by atoms with E-state index in [2.05, 4.69) is 4.74 Å². The molecule has 1 aromatic rings. The van der Waals surface area contributed by atoms with Crippen LogP contribution in [-0.4, -0.2) is 24.3 Å². The van der Waals surface area contributed by atoms with Crippen LogP contribution >= 0.6 is 0 Å². The lowest BCUT2D eigenvalue weighted by Crippen LogP contribution is -2.10. The first-order chi connectivity index (χ1) is 7.04. The summed E-state index contributed by atoms with van der Waals surface area (Å²) >= 11 is 0. The Morgan fingerprint density at radius 1 is 1.47 bits per heavy atom. The molecule has 5 nitrogen and oxygen atoms in total. The van der Waals surface area contributed by atoms with E-state index in [4.69, 9.17) is 5.11 Å². The SMILES string of the molecule is COC(=O)c1ccc(F)c(NC(=O)O)c1. The number of hydrogen-bond donors (Lipinski definition) is 2. The Labute approximate surface area is 84.5 Å². The molecule has 0 unspecified atom stereocenters. The largest absolute Gasteiger partial charge is 0.465 e. The Bertz CT molecular complexity index is 405. The lowest BCUT2D eigenvalue weighted by molar-refractivity contribution is 0.0600. The van der Waals surface area contributed by atoms with Gasteiger partial charge >= 0.3 is 12.1 Å². The molecular formula is C9H8FNO4. The van der Waals surface area contributed by atoms with Crippen molar-refractivity contribution in [2.45, 2.75) is 0 Å². The first-order valence-corrected chi connectivity index (χ1v) is 3.92. The van der Waals surface area contributed by atoms with Gasteiger partial charge in [0.2, 0.25) is 0 Å². The molecule has 0 heterocycles. The average Bonchev–Trinajstić information content (AvgIpc) is 2.19. The summed E-state index contributed by atoms with van der Waals surface area (Å²) in [5, 5.41) is 10.2. The van der Waals surface area contributed by atoms with E-state index in [-0.39, 0.29) is 11.3 Å². The number of methoxy groups -OCH3 is 1. The van der Waals surface area contributed by atoms with Gasteiger partial charge in [-0.05, 0) is 18.2 Å². The normalized spacial score (nSPS) is 9.47. The van der Waals surface area contributed by atoms with Gasteiger partial charge in [0.1, 0.15) is 5.82 Å². The number of rotatable bonds is 2. The van der Waals surface area contributed by atoms with Crippen molar-refractivity contribution >= 4 is 17.7 Å². The summed E-state index contributed by atoms with van der Waals surface area (Å²) < 4.78 is 17.4. The molecule has 1 aromatic carbocycles. The van der Waals surface area contributed by atoms with Gasteiger partial charge in [0, 0.05) is 0 Å². The standard InChI is InChI=1S/C9H8FNO4/c1-15-8(12)5-2-3-6(10)7(4-5)11-9(13)14/h2-4,11H,1H3,(H,13,14). The van der Waals surface area contributed by atoms with Gasteiger partial charge in [0.05, 0.1) is 18.4 Å². The molecule has 1 rings (SSSR count). The highest BCUT2D eigenvalue weighted by atomic mass is 19.1. The van der Waals surface area contributed by atoms with Gasteiger partial charge in [-0.3, -0.25) is 5.32 Å². The van der Waals surface area contributed by atoms with Crippen molar-refractivity contribution in [2.24, 2.45) is 0 Å². The van der Waals surface area contributed by atoms with E-state index in [0.717, 1.165) is 12.1 Å². The molecule has 2 N–H and O–H groups in total. The molecule has 0 fully saturated rings. The molecule has 0 atom stereocenters. The van der Waals surface area contributed by atoms with Gasteiger partial charge in [-0.2, -0.15) is 0 Å². The number of amides is 1. The molecule has 15 heavy (non-hydrogen) atoms. The Balaban J connectivity index is 3.05. The van der Waals surface area contributed by atoms with Crippen LogP contribution in [0.1, 0.15) is 10.4 Å². The van der Waals surface area contributed by atoms with E-state index in [0.29, 0.717) is 0 Å². The lowest BCUT2D eigenvalue weighted by Gasteiger charge is -2.04. The number of benzene rings is 1. The summed E-state index contributed by atoms with van der Waals surface area (Å²) in [6, 6.07) is 3.25. The van der Waals surface area contributed by atoms with Crippen LogP contribution in [0.2, 0.25) is 0 Å². The predicted octanol–water partition coefficient (Wildman–Crippen LogP) is 1.70. The highest BCUT2D eigenvalue weighted by Gasteiger charge is 2.11. The van der Waals surface area contributed by atoms with Gasteiger partial charge in [0.25, 0.3) is 0 Å². The fourth-order valence-corrected chi connectivity index (χ4v) is 0.981. The molecule has 0 bridgehead atoms. The first-order valence-electron chi connectivity index (χ1n) is 3.92. The van der Waals surface area contributed by atoms with Gasteiger partial charge in [-0.15, -0.1) is 0 Å². The number of esters is 1. The Morgan fingerprint density at radius 3 is 2.67 bits per heavy atom. The molecule has 1 amide bonds. The molecule has 0 saturated heterocycles. The van der Waals surface area contributed by atoms with Crippen molar-refractivity contribution in [1.82, 2.24) is 0 Å². The summed E-state index contributed by atoms with van der Waals surface area (Å²) in [7, 11) is 1.18. The van der Waals surface area contributed by atoms with Gasteiger partial charge in [-0.1, -0.05) is 0 Å². The lowest BCUT2D eigenvalue weighted by atomic mass is 10.2. The van der Waals surface area contributed by atoms with E-state index < -0.39 is 17.9 Å². The van der Waals surface area contributed by atoms with Crippen LogP contribution in [0.3, 0.4) is 0 Å². The Hall–Kier alpha value is -2.11. The van der Waals surface area contributed by atoms with Crippen LogP contribution in [0, 0.1) is 5.82 Å². The Kier molecular flexibility index (Phi) is 3.22. The third kappa shape index (κ3) is 2.67. The number of halogens is 1. The maximum Gasteiger partial charge on any atom is 0.409 e. The summed E-state index contributed by atoms with van der Waals surface area (Å²) in [6.45, 7) is 0. The minimum atomic E-state index is -1.41. The smallest absolute Gasteiger partial charge is 0.409 e. The second kappa shape index (κ2) is 4.41. The zero-order valence-corrected chi connectivity index (χ0v) is 7.78. The molecule has 0 aliphatic rings. The highest BCUT2D eigenvalue weighted by Crippen LogP contribution is 2.16. The minimum Gasteiger partial charge on any atom is -0.465 e. The molecule has 0 aliphatic heterocycles. The zero-order chi connectivity index (χ0) is 11.4. The molecule has 0 aromatic heterocycles. The van der Waals surface area contributed by atoms with E-state index in [1.165, 1.54) is 13.2 Å². The quantitative estimate of drug-likeness (QED) is 0.733.